The summed E-state index contributed by atoms with van der Waals surface area (Å²) in [7, 11) is 0. The molecule has 1 aromatic rings. The van der Waals surface area contributed by atoms with E-state index in [2.05, 4.69) is 0 Å². The number of carbonyl (C=O) groups is 1. The number of aliphatic carboxylic acids is 1. The normalized spacial score (nSPS) is 13.9. The first-order chi connectivity index (χ1) is 6.80. The van der Waals surface area contributed by atoms with Crippen molar-refractivity contribution in [2.75, 3.05) is 0 Å². The van der Waals surface area contributed by atoms with E-state index < -0.39 is 29.5 Å². The Morgan fingerprint density at radius 1 is 1.47 bits per heavy atom. The van der Waals surface area contributed by atoms with E-state index in [-0.39, 0.29) is 4.88 Å². The average molecular weight is 240 g/mol. The van der Waals surface area contributed by atoms with Crippen molar-refractivity contribution >= 4 is 17.3 Å². The second-order valence-corrected chi connectivity index (χ2v) is 3.93. The highest BCUT2D eigenvalue weighted by Gasteiger charge is 2.33. The molecule has 0 spiro atoms. The van der Waals surface area contributed by atoms with Crippen LogP contribution in [0.25, 0.3) is 0 Å². The Morgan fingerprint density at radius 3 is 2.47 bits per heavy atom. The molecule has 0 fully saturated rings. The van der Waals surface area contributed by atoms with E-state index in [0.717, 1.165) is 12.1 Å². The highest BCUT2D eigenvalue weighted by molar-refractivity contribution is 7.12. The number of halogens is 3. The zero-order valence-electron chi connectivity index (χ0n) is 7.28. The van der Waals surface area contributed by atoms with Crippen LogP contribution in [-0.2, 0) is 11.0 Å². The highest BCUT2D eigenvalue weighted by atomic mass is 32.1. The molecular weight excluding hydrogens is 233 g/mol. The van der Waals surface area contributed by atoms with Crippen LogP contribution in [0, 0.1) is 0 Å². The second kappa shape index (κ2) is 4.19. The monoisotopic (exact) mass is 240 g/mol. The van der Waals surface area contributed by atoms with Gasteiger partial charge in [-0.3, -0.25) is 4.79 Å². The minimum absolute atomic E-state index is 0.00438. The first-order valence-corrected chi connectivity index (χ1v) is 4.69. The standard InChI is InChI=1S/C8H7F3O3S/c9-8(10,11)6-2-1-5(15-6)4(12)3-7(13)14/h1-2,4,12H,3H2,(H,13,14)/t4-/m0/s1. The first kappa shape index (κ1) is 12.0. The highest BCUT2D eigenvalue weighted by Crippen LogP contribution is 2.36. The smallest absolute Gasteiger partial charge is 0.425 e. The lowest BCUT2D eigenvalue weighted by Gasteiger charge is -2.04. The summed E-state index contributed by atoms with van der Waals surface area (Å²) in [5.74, 6) is -1.26. The van der Waals surface area contributed by atoms with Crippen molar-refractivity contribution in [2.24, 2.45) is 0 Å². The summed E-state index contributed by atoms with van der Waals surface area (Å²) < 4.78 is 36.4. The summed E-state index contributed by atoms with van der Waals surface area (Å²) in [6, 6.07) is 1.91. The summed E-state index contributed by atoms with van der Waals surface area (Å²) in [6.07, 6.45) is -6.44. The fourth-order valence-electron chi connectivity index (χ4n) is 0.950. The summed E-state index contributed by atoms with van der Waals surface area (Å²) in [5, 5.41) is 17.6. The maximum atomic E-state index is 12.1. The van der Waals surface area contributed by atoms with Crippen LogP contribution in [0.3, 0.4) is 0 Å². The van der Waals surface area contributed by atoms with Crippen molar-refractivity contribution in [3.05, 3.63) is 21.9 Å². The number of rotatable bonds is 3. The van der Waals surface area contributed by atoms with Gasteiger partial charge in [0.25, 0.3) is 0 Å². The molecule has 7 heteroatoms. The molecule has 1 heterocycles. The Hall–Kier alpha value is -1.08. The molecule has 0 aliphatic carbocycles. The van der Waals surface area contributed by atoms with Crippen LogP contribution in [0.5, 0.6) is 0 Å². The Labute approximate surface area is 86.8 Å². The molecule has 0 unspecified atom stereocenters. The average Bonchev–Trinajstić information content (AvgIpc) is 2.48. The Bertz CT molecular complexity index is 358. The summed E-state index contributed by atoms with van der Waals surface area (Å²) in [5.41, 5.74) is 0. The van der Waals surface area contributed by atoms with E-state index in [1.807, 2.05) is 0 Å². The summed E-state index contributed by atoms with van der Waals surface area (Å²) in [4.78, 5) is 9.37. The zero-order chi connectivity index (χ0) is 11.6. The molecular formula is C8H7F3O3S. The van der Waals surface area contributed by atoms with E-state index in [0.29, 0.717) is 11.3 Å². The van der Waals surface area contributed by atoms with Gasteiger partial charge in [0.2, 0.25) is 0 Å². The van der Waals surface area contributed by atoms with Crippen molar-refractivity contribution in [3.63, 3.8) is 0 Å². The second-order valence-electron chi connectivity index (χ2n) is 2.81. The molecule has 1 rings (SSSR count). The van der Waals surface area contributed by atoms with Gasteiger partial charge in [-0.2, -0.15) is 13.2 Å². The minimum atomic E-state index is -4.45. The lowest BCUT2D eigenvalue weighted by Crippen LogP contribution is -2.04. The first-order valence-electron chi connectivity index (χ1n) is 3.87. The number of carboxylic acids is 1. The van der Waals surface area contributed by atoms with Crippen molar-refractivity contribution in [1.82, 2.24) is 0 Å². The SMILES string of the molecule is O=C(O)C[C@H](O)c1ccc(C(F)(F)F)s1. The fourth-order valence-corrected chi connectivity index (χ4v) is 1.81. The molecule has 1 atom stereocenters. The molecule has 3 nitrogen and oxygen atoms in total. The fraction of sp³-hybridized carbons (Fsp3) is 0.375. The van der Waals surface area contributed by atoms with E-state index in [9.17, 15) is 23.1 Å². The van der Waals surface area contributed by atoms with Crippen LogP contribution >= 0.6 is 11.3 Å². The quantitative estimate of drug-likeness (QED) is 0.852. The number of thiophene rings is 1. The van der Waals surface area contributed by atoms with Crippen molar-refractivity contribution in [1.29, 1.82) is 0 Å². The molecule has 84 valence electrons. The van der Waals surface area contributed by atoms with Crippen LogP contribution in [0.2, 0.25) is 0 Å². The molecule has 0 bridgehead atoms. The van der Waals surface area contributed by atoms with E-state index in [4.69, 9.17) is 5.11 Å². The molecule has 0 amide bonds. The number of aliphatic hydroxyl groups is 1. The number of hydrogen-bond acceptors (Lipinski definition) is 3. The van der Waals surface area contributed by atoms with E-state index >= 15 is 0 Å². The number of aliphatic hydroxyl groups excluding tert-OH is 1. The molecule has 0 saturated carbocycles. The maximum Gasteiger partial charge on any atom is 0.425 e. The number of hydrogen-bond donors (Lipinski definition) is 2. The van der Waals surface area contributed by atoms with Gasteiger partial charge in [0.05, 0.1) is 12.5 Å². The third-order valence-corrected chi connectivity index (χ3v) is 2.83. The summed E-state index contributed by atoms with van der Waals surface area (Å²) >= 11 is 0.352. The largest absolute Gasteiger partial charge is 0.481 e. The third kappa shape index (κ3) is 3.21. The van der Waals surface area contributed by atoms with Gasteiger partial charge in [-0.25, -0.2) is 0 Å². The molecule has 0 aromatic carbocycles. The van der Waals surface area contributed by atoms with E-state index in [1.54, 1.807) is 0 Å². The third-order valence-electron chi connectivity index (χ3n) is 1.60. The minimum Gasteiger partial charge on any atom is -0.481 e. The van der Waals surface area contributed by atoms with Crippen molar-refractivity contribution < 1.29 is 28.2 Å². The predicted molar refractivity (Wildman–Crippen MR) is 46.5 cm³/mol. The lowest BCUT2D eigenvalue weighted by atomic mass is 10.2. The molecule has 0 radical (unpaired) electrons. The van der Waals surface area contributed by atoms with Crippen molar-refractivity contribution in [3.8, 4) is 0 Å². The van der Waals surface area contributed by atoms with Crippen LogP contribution in [0.15, 0.2) is 12.1 Å². The van der Waals surface area contributed by atoms with E-state index in [1.165, 1.54) is 0 Å². The Morgan fingerprint density at radius 2 is 2.07 bits per heavy atom. The topological polar surface area (TPSA) is 57.5 Å². The molecule has 1 aromatic heterocycles. The lowest BCUT2D eigenvalue weighted by molar-refractivity contribution is -0.139. The Balaban J connectivity index is 2.80. The summed E-state index contributed by atoms with van der Waals surface area (Å²) in [6.45, 7) is 0. The van der Waals surface area contributed by atoms with Crippen LogP contribution in [-0.4, -0.2) is 16.2 Å². The molecule has 2 N–H and O–H groups in total. The number of carboxylic acid groups (broad SMARTS) is 1. The van der Waals surface area contributed by atoms with Crippen LogP contribution in [0.1, 0.15) is 22.3 Å². The van der Waals surface area contributed by atoms with Gasteiger partial charge >= 0.3 is 12.1 Å². The Kier molecular flexibility index (Phi) is 3.35. The maximum absolute atomic E-state index is 12.1. The molecule has 0 saturated heterocycles. The van der Waals surface area contributed by atoms with Crippen LogP contribution in [0.4, 0.5) is 13.2 Å². The van der Waals surface area contributed by atoms with Gasteiger partial charge in [0.15, 0.2) is 0 Å². The van der Waals surface area contributed by atoms with Gasteiger partial charge in [0.1, 0.15) is 4.88 Å². The molecule has 0 aliphatic rings. The number of alkyl halides is 3. The van der Waals surface area contributed by atoms with Gasteiger partial charge in [-0.1, -0.05) is 0 Å². The molecule has 15 heavy (non-hydrogen) atoms. The zero-order valence-corrected chi connectivity index (χ0v) is 8.10. The van der Waals surface area contributed by atoms with Gasteiger partial charge in [-0.05, 0) is 12.1 Å². The van der Waals surface area contributed by atoms with Gasteiger partial charge in [0, 0.05) is 4.88 Å². The van der Waals surface area contributed by atoms with Crippen LogP contribution < -0.4 is 0 Å². The molecule has 0 aliphatic heterocycles. The predicted octanol–water partition coefficient (Wildman–Crippen LogP) is 2.28. The van der Waals surface area contributed by atoms with Gasteiger partial charge < -0.3 is 10.2 Å². The van der Waals surface area contributed by atoms with Crippen molar-refractivity contribution in [2.45, 2.75) is 18.7 Å². The van der Waals surface area contributed by atoms with Gasteiger partial charge in [-0.15, -0.1) is 11.3 Å².